The first-order chi connectivity index (χ1) is 9.70. The van der Waals surface area contributed by atoms with Gasteiger partial charge >= 0.3 is 6.36 Å². The van der Waals surface area contributed by atoms with Gasteiger partial charge in [-0.15, -0.1) is 13.2 Å². The number of ether oxygens (including phenoxy) is 1. The molecule has 2 nitrogen and oxygen atoms in total. The molecule has 2 aromatic carbocycles. The molecule has 1 atom stereocenters. The van der Waals surface area contributed by atoms with Crippen LogP contribution in [-0.4, -0.2) is 6.36 Å². The number of hydrogen-bond donors (Lipinski definition) is 1. The van der Waals surface area contributed by atoms with Crippen molar-refractivity contribution in [2.45, 2.75) is 25.7 Å². The molecular formula is C16H16F3NO. The molecule has 2 N–H and O–H groups in total. The molecule has 0 saturated carbocycles. The summed E-state index contributed by atoms with van der Waals surface area (Å²) in [6, 6.07) is 13.3. The van der Waals surface area contributed by atoms with Gasteiger partial charge in [0, 0.05) is 0 Å². The molecule has 21 heavy (non-hydrogen) atoms. The largest absolute Gasteiger partial charge is 0.573 e. The van der Waals surface area contributed by atoms with Gasteiger partial charge in [-0.3, -0.25) is 0 Å². The number of hydrogen-bond acceptors (Lipinski definition) is 2. The minimum atomic E-state index is -4.72. The van der Waals surface area contributed by atoms with Crippen molar-refractivity contribution in [1.82, 2.24) is 0 Å². The number of rotatable bonds is 3. The molecule has 0 bridgehead atoms. The molecule has 0 fully saturated rings. The van der Waals surface area contributed by atoms with Crippen molar-refractivity contribution in [1.29, 1.82) is 0 Å². The van der Waals surface area contributed by atoms with Gasteiger partial charge in [-0.1, -0.05) is 36.4 Å². The Morgan fingerprint density at radius 3 is 2.29 bits per heavy atom. The van der Waals surface area contributed by atoms with E-state index in [1.54, 1.807) is 13.0 Å². The quantitative estimate of drug-likeness (QED) is 0.924. The Kier molecular flexibility index (Phi) is 3.96. The van der Waals surface area contributed by atoms with Gasteiger partial charge in [0.15, 0.2) is 0 Å². The third-order valence-electron chi connectivity index (χ3n) is 3.37. The van der Waals surface area contributed by atoms with Gasteiger partial charge in [0.1, 0.15) is 5.75 Å². The Labute approximate surface area is 121 Å². The van der Waals surface area contributed by atoms with E-state index in [2.05, 4.69) is 4.74 Å². The average molecular weight is 295 g/mol. The molecule has 0 aliphatic carbocycles. The van der Waals surface area contributed by atoms with Gasteiger partial charge in [-0.05, 0) is 42.7 Å². The molecule has 0 aromatic heterocycles. The van der Waals surface area contributed by atoms with E-state index >= 15 is 0 Å². The van der Waals surface area contributed by atoms with Crippen LogP contribution in [0.1, 0.15) is 23.6 Å². The predicted octanol–water partition coefficient (Wildman–Crippen LogP) is 4.12. The van der Waals surface area contributed by atoms with Gasteiger partial charge in [-0.2, -0.15) is 0 Å². The first-order valence-corrected chi connectivity index (χ1v) is 6.41. The summed E-state index contributed by atoms with van der Waals surface area (Å²) in [5.41, 5.74) is 7.84. The smallest absolute Gasteiger partial charge is 0.406 e. The highest BCUT2D eigenvalue weighted by Crippen LogP contribution is 2.32. The van der Waals surface area contributed by atoms with E-state index < -0.39 is 11.9 Å². The van der Waals surface area contributed by atoms with Crippen LogP contribution in [0.2, 0.25) is 0 Å². The van der Waals surface area contributed by atoms with Crippen molar-refractivity contribution < 1.29 is 17.9 Å². The standard InChI is InChI=1S/C16H16F3NO/c1-11-6-3-4-9-14(11)15(2,20)12-7-5-8-13(10-12)21-16(17,18)19/h3-10H,20H2,1-2H3. The molecule has 2 rings (SSSR count). The Morgan fingerprint density at radius 2 is 1.67 bits per heavy atom. The summed E-state index contributed by atoms with van der Waals surface area (Å²) in [5, 5.41) is 0. The fourth-order valence-corrected chi connectivity index (χ4v) is 2.33. The summed E-state index contributed by atoms with van der Waals surface area (Å²) in [5.74, 6) is -0.273. The number of aryl methyl sites for hydroxylation is 1. The predicted molar refractivity (Wildman–Crippen MR) is 74.9 cm³/mol. The van der Waals surface area contributed by atoms with Crippen molar-refractivity contribution in [3.05, 3.63) is 65.2 Å². The first-order valence-electron chi connectivity index (χ1n) is 6.41. The average Bonchev–Trinajstić information content (AvgIpc) is 2.37. The van der Waals surface area contributed by atoms with E-state index in [4.69, 9.17) is 5.73 Å². The molecule has 0 heterocycles. The van der Waals surface area contributed by atoms with Crippen molar-refractivity contribution >= 4 is 0 Å². The van der Waals surface area contributed by atoms with Crippen molar-refractivity contribution in [2.75, 3.05) is 0 Å². The molecule has 1 unspecified atom stereocenters. The lowest BCUT2D eigenvalue weighted by atomic mass is 9.83. The van der Waals surface area contributed by atoms with E-state index in [0.29, 0.717) is 5.56 Å². The lowest BCUT2D eigenvalue weighted by Gasteiger charge is -2.28. The second-order valence-electron chi connectivity index (χ2n) is 5.09. The summed E-state index contributed by atoms with van der Waals surface area (Å²) in [4.78, 5) is 0. The Hall–Kier alpha value is -2.01. The van der Waals surface area contributed by atoms with Crippen LogP contribution in [0.25, 0.3) is 0 Å². The first kappa shape index (κ1) is 15.4. The fraction of sp³-hybridized carbons (Fsp3) is 0.250. The van der Waals surface area contributed by atoms with E-state index in [1.165, 1.54) is 18.2 Å². The van der Waals surface area contributed by atoms with Crippen LogP contribution in [0.3, 0.4) is 0 Å². The maximum Gasteiger partial charge on any atom is 0.573 e. The zero-order valence-electron chi connectivity index (χ0n) is 11.7. The SMILES string of the molecule is Cc1ccccc1C(C)(N)c1cccc(OC(F)(F)F)c1. The number of benzene rings is 2. The monoisotopic (exact) mass is 295 g/mol. The molecule has 0 aliphatic heterocycles. The van der Waals surface area contributed by atoms with E-state index in [-0.39, 0.29) is 5.75 Å². The van der Waals surface area contributed by atoms with Crippen LogP contribution in [0.15, 0.2) is 48.5 Å². The van der Waals surface area contributed by atoms with Crippen molar-refractivity contribution in [2.24, 2.45) is 5.73 Å². The molecule has 0 radical (unpaired) electrons. The summed E-state index contributed by atoms with van der Waals surface area (Å²) in [7, 11) is 0. The highest BCUT2D eigenvalue weighted by atomic mass is 19.4. The summed E-state index contributed by atoms with van der Waals surface area (Å²) in [6.07, 6.45) is -4.72. The highest BCUT2D eigenvalue weighted by molar-refractivity contribution is 5.43. The van der Waals surface area contributed by atoms with Crippen molar-refractivity contribution in [3.8, 4) is 5.75 Å². The zero-order chi connectivity index (χ0) is 15.7. The fourth-order valence-electron chi connectivity index (χ4n) is 2.33. The summed E-state index contributed by atoms with van der Waals surface area (Å²) in [6.45, 7) is 3.68. The maximum absolute atomic E-state index is 12.3. The van der Waals surface area contributed by atoms with E-state index in [0.717, 1.165) is 11.1 Å². The van der Waals surface area contributed by atoms with Crippen molar-refractivity contribution in [3.63, 3.8) is 0 Å². The molecule has 0 spiro atoms. The van der Waals surface area contributed by atoms with Crippen LogP contribution in [0.4, 0.5) is 13.2 Å². The van der Waals surface area contributed by atoms with Gasteiger partial charge in [0.25, 0.3) is 0 Å². The van der Waals surface area contributed by atoms with Gasteiger partial charge in [0.05, 0.1) is 5.54 Å². The van der Waals surface area contributed by atoms with E-state index in [9.17, 15) is 13.2 Å². The molecule has 5 heteroatoms. The number of nitrogens with two attached hydrogens (primary N) is 1. The Morgan fingerprint density at radius 1 is 1.00 bits per heavy atom. The maximum atomic E-state index is 12.3. The third kappa shape index (κ3) is 3.55. The topological polar surface area (TPSA) is 35.2 Å². The molecule has 2 aromatic rings. The highest BCUT2D eigenvalue weighted by Gasteiger charge is 2.32. The summed E-state index contributed by atoms with van der Waals surface area (Å²) >= 11 is 0. The molecular weight excluding hydrogens is 279 g/mol. The minimum Gasteiger partial charge on any atom is -0.406 e. The Balaban J connectivity index is 2.41. The molecule has 112 valence electrons. The third-order valence-corrected chi connectivity index (χ3v) is 3.37. The zero-order valence-corrected chi connectivity index (χ0v) is 11.7. The van der Waals surface area contributed by atoms with Crippen LogP contribution in [-0.2, 0) is 5.54 Å². The van der Waals surface area contributed by atoms with Gasteiger partial charge in [-0.25, -0.2) is 0 Å². The van der Waals surface area contributed by atoms with Gasteiger partial charge in [0.2, 0.25) is 0 Å². The second kappa shape index (κ2) is 5.41. The van der Waals surface area contributed by atoms with Gasteiger partial charge < -0.3 is 10.5 Å². The molecule has 0 saturated heterocycles. The molecule has 0 amide bonds. The van der Waals surface area contributed by atoms with E-state index in [1.807, 2.05) is 31.2 Å². The number of alkyl halides is 3. The summed E-state index contributed by atoms with van der Waals surface area (Å²) < 4.78 is 40.9. The lowest BCUT2D eigenvalue weighted by molar-refractivity contribution is -0.274. The van der Waals surface area contributed by atoms with Crippen LogP contribution < -0.4 is 10.5 Å². The Bertz CT molecular complexity index is 635. The second-order valence-corrected chi connectivity index (χ2v) is 5.09. The normalized spacial score (nSPS) is 14.6. The van der Waals surface area contributed by atoms with Crippen LogP contribution in [0, 0.1) is 6.92 Å². The van der Waals surface area contributed by atoms with Crippen LogP contribution in [0.5, 0.6) is 5.75 Å². The lowest BCUT2D eigenvalue weighted by Crippen LogP contribution is -2.35. The number of halogens is 3. The molecule has 0 aliphatic rings. The van der Waals surface area contributed by atoms with Crippen LogP contribution >= 0.6 is 0 Å². The minimum absolute atomic E-state index is 0.273.